The van der Waals surface area contributed by atoms with E-state index in [4.69, 9.17) is 0 Å². The second-order valence-electron chi connectivity index (χ2n) is 9.66. The van der Waals surface area contributed by atoms with E-state index in [1.54, 1.807) is 7.05 Å². The number of anilines is 1. The zero-order valence-electron chi connectivity index (χ0n) is 16.4. The molecule has 0 aliphatic heterocycles. The van der Waals surface area contributed by atoms with Crippen molar-refractivity contribution in [1.82, 2.24) is 19.1 Å². The lowest BCUT2D eigenvalue weighted by Gasteiger charge is -2.57. The Morgan fingerprint density at radius 3 is 2.30 bits per heavy atom. The largest absolute Gasteiger partial charge is 0.353 e. The van der Waals surface area contributed by atoms with Crippen LogP contribution in [0.1, 0.15) is 51.9 Å². The summed E-state index contributed by atoms with van der Waals surface area (Å²) in [6.07, 6.45) is 9.71. The normalized spacial score (nSPS) is 32.9. The molecule has 7 nitrogen and oxygen atoms in total. The van der Waals surface area contributed by atoms with Crippen LogP contribution in [0.2, 0.25) is 0 Å². The van der Waals surface area contributed by atoms with Crippen LogP contribution < -0.4 is 16.6 Å². The molecule has 0 aromatic carbocycles. The lowest BCUT2D eigenvalue weighted by Crippen LogP contribution is -2.47. The summed E-state index contributed by atoms with van der Waals surface area (Å²) in [7, 11) is 3.14. The number of aromatic amines is 1. The topological polar surface area (TPSA) is 84.7 Å². The van der Waals surface area contributed by atoms with E-state index in [1.807, 2.05) is 0 Å². The third-order valence-electron chi connectivity index (χ3n) is 7.38. The summed E-state index contributed by atoms with van der Waals surface area (Å²) in [5, 5.41) is 3.47. The van der Waals surface area contributed by atoms with Crippen molar-refractivity contribution in [1.29, 1.82) is 0 Å². The first-order valence-electron chi connectivity index (χ1n) is 10.3. The molecule has 4 aliphatic carbocycles. The first-order chi connectivity index (χ1) is 12.8. The van der Waals surface area contributed by atoms with Crippen LogP contribution in [0, 0.1) is 23.2 Å². The Bertz CT molecular complexity index is 978. The van der Waals surface area contributed by atoms with E-state index in [0.29, 0.717) is 22.5 Å². The van der Waals surface area contributed by atoms with E-state index >= 15 is 0 Å². The number of rotatable bonds is 4. The van der Waals surface area contributed by atoms with Crippen LogP contribution >= 0.6 is 0 Å². The first kappa shape index (κ1) is 17.1. The van der Waals surface area contributed by atoms with Crippen LogP contribution in [-0.2, 0) is 14.1 Å². The van der Waals surface area contributed by atoms with Crippen molar-refractivity contribution in [2.75, 3.05) is 5.32 Å². The molecule has 2 N–H and O–H groups in total. The predicted molar refractivity (Wildman–Crippen MR) is 105 cm³/mol. The first-order valence-corrected chi connectivity index (χ1v) is 10.3. The average molecular weight is 371 g/mol. The molecular weight excluding hydrogens is 342 g/mol. The average Bonchev–Trinajstić information content (AvgIpc) is 3.00. The minimum Gasteiger partial charge on any atom is -0.353 e. The van der Waals surface area contributed by atoms with E-state index in [0.717, 1.165) is 28.7 Å². The molecule has 6 rings (SSSR count). The van der Waals surface area contributed by atoms with Gasteiger partial charge in [0, 0.05) is 20.1 Å². The number of nitrogens with one attached hydrogen (secondary N) is 2. The number of hydrogen-bond acceptors (Lipinski definition) is 4. The van der Waals surface area contributed by atoms with Crippen molar-refractivity contribution in [3.63, 3.8) is 0 Å². The minimum atomic E-state index is -0.354. The highest BCUT2D eigenvalue weighted by molar-refractivity contribution is 5.72. The van der Waals surface area contributed by atoms with Gasteiger partial charge in [-0.25, -0.2) is 4.79 Å². The molecule has 2 aromatic heterocycles. The molecule has 2 aromatic rings. The van der Waals surface area contributed by atoms with Crippen molar-refractivity contribution >= 4 is 17.1 Å². The van der Waals surface area contributed by atoms with Crippen molar-refractivity contribution in [2.45, 2.75) is 57.9 Å². The van der Waals surface area contributed by atoms with E-state index in [-0.39, 0.29) is 17.3 Å². The van der Waals surface area contributed by atoms with E-state index in [1.165, 1.54) is 50.1 Å². The molecule has 0 saturated heterocycles. The number of hydrogen-bond donors (Lipinski definition) is 2. The number of aryl methyl sites for hydroxylation is 1. The molecule has 4 bridgehead atoms. The molecule has 0 amide bonds. The van der Waals surface area contributed by atoms with Crippen LogP contribution in [0.25, 0.3) is 11.2 Å². The maximum Gasteiger partial charge on any atom is 0.332 e. The molecule has 4 saturated carbocycles. The van der Waals surface area contributed by atoms with E-state index < -0.39 is 0 Å². The maximum atomic E-state index is 12.3. The highest BCUT2D eigenvalue weighted by Crippen LogP contribution is 2.61. The zero-order chi connectivity index (χ0) is 18.9. The van der Waals surface area contributed by atoms with Gasteiger partial charge in [-0.3, -0.25) is 13.9 Å². The summed E-state index contributed by atoms with van der Waals surface area (Å²) in [5.74, 6) is 3.44. The van der Waals surface area contributed by atoms with Crippen molar-refractivity contribution in [2.24, 2.45) is 37.3 Å². The van der Waals surface area contributed by atoms with E-state index in [9.17, 15) is 9.59 Å². The van der Waals surface area contributed by atoms with Gasteiger partial charge in [-0.2, -0.15) is 4.98 Å². The molecule has 7 heteroatoms. The monoisotopic (exact) mass is 371 g/mol. The standard InChI is InChI=1S/C20H29N5O2/c1-11(7-20-8-12-4-13(9-20)6-14(5-12)10-20)21-18-22-15-16(23-18)24(2)19(27)25(3)17(15)26/h11-14H,4-10H2,1-3H3,(H2,21,22,23). The number of nitrogens with zero attached hydrogens (tertiary/aromatic N) is 3. The molecular formula is C20H29N5O2. The number of imidazole rings is 1. The van der Waals surface area contributed by atoms with Crippen LogP contribution in [0.5, 0.6) is 0 Å². The van der Waals surface area contributed by atoms with Crippen molar-refractivity contribution in [3.05, 3.63) is 20.8 Å². The molecule has 0 spiro atoms. The number of aromatic nitrogens is 4. The summed E-state index contributed by atoms with van der Waals surface area (Å²) in [5.41, 5.74) is 0.599. The van der Waals surface area contributed by atoms with Crippen LogP contribution in [-0.4, -0.2) is 25.1 Å². The van der Waals surface area contributed by atoms with Gasteiger partial charge >= 0.3 is 5.69 Å². The van der Waals surface area contributed by atoms with Gasteiger partial charge in [-0.1, -0.05) is 0 Å². The lowest BCUT2D eigenvalue weighted by atomic mass is 9.48. The smallest absolute Gasteiger partial charge is 0.332 e. The maximum absolute atomic E-state index is 12.3. The fourth-order valence-corrected chi connectivity index (χ4v) is 6.87. The molecule has 27 heavy (non-hydrogen) atoms. The van der Waals surface area contributed by atoms with Crippen molar-refractivity contribution in [3.8, 4) is 0 Å². The van der Waals surface area contributed by atoms with E-state index in [2.05, 4.69) is 22.2 Å². The molecule has 2 heterocycles. The fraction of sp³-hybridized carbons (Fsp3) is 0.750. The number of H-pyrrole nitrogens is 1. The summed E-state index contributed by atoms with van der Waals surface area (Å²) in [4.78, 5) is 32.0. The quantitative estimate of drug-likeness (QED) is 0.864. The Labute approximate surface area is 158 Å². The van der Waals surface area contributed by atoms with Gasteiger partial charge in [0.25, 0.3) is 5.56 Å². The SMILES string of the molecule is CC(CC12CC3CC(CC(C3)C1)C2)Nc1nc2c([nH]1)c(=O)n(C)c(=O)n2C. The Morgan fingerprint density at radius 2 is 1.70 bits per heavy atom. The van der Waals surface area contributed by atoms with Gasteiger partial charge in [0.05, 0.1) is 0 Å². The highest BCUT2D eigenvalue weighted by atomic mass is 16.2. The Morgan fingerprint density at radius 1 is 1.11 bits per heavy atom. The van der Waals surface area contributed by atoms with Gasteiger partial charge in [0.1, 0.15) is 0 Å². The summed E-state index contributed by atoms with van der Waals surface area (Å²) < 4.78 is 2.53. The van der Waals surface area contributed by atoms with Gasteiger partial charge in [-0.05, 0) is 75.0 Å². The Balaban J connectivity index is 1.38. The molecule has 1 unspecified atom stereocenters. The third kappa shape index (κ3) is 2.65. The van der Waals surface area contributed by atoms with Crippen molar-refractivity contribution < 1.29 is 0 Å². The summed E-state index contributed by atoms with van der Waals surface area (Å²) in [6, 6.07) is 0.280. The molecule has 146 valence electrons. The Kier molecular flexibility index (Phi) is 3.62. The molecule has 4 fully saturated rings. The second-order valence-corrected chi connectivity index (χ2v) is 9.66. The van der Waals surface area contributed by atoms with Gasteiger partial charge in [0.2, 0.25) is 5.95 Å². The summed E-state index contributed by atoms with van der Waals surface area (Å²) in [6.45, 7) is 2.21. The van der Waals surface area contributed by atoms with Gasteiger partial charge < -0.3 is 10.3 Å². The molecule has 1 atom stereocenters. The van der Waals surface area contributed by atoms with Gasteiger partial charge in [-0.15, -0.1) is 0 Å². The third-order valence-corrected chi connectivity index (χ3v) is 7.38. The summed E-state index contributed by atoms with van der Waals surface area (Å²) >= 11 is 0. The Hall–Kier alpha value is -2.05. The van der Waals surface area contributed by atoms with Crippen LogP contribution in [0.15, 0.2) is 9.59 Å². The van der Waals surface area contributed by atoms with Crippen LogP contribution in [0.4, 0.5) is 5.95 Å². The predicted octanol–water partition coefficient (Wildman–Crippen LogP) is 2.37. The zero-order valence-corrected chi connectivity index (χ0v) is 16.4. The fourth-order valence-electron chi connectivity index (χ4n) is 6.87. The second kappa shape index (κ2) is 5.72. The lowest BCUT2D eigenvalue weighted by molar-refractivity contribution is -0.0587. The van der Waals surface area contributed by atoms with Gasteiger partial charge in [0.15, 0.2) is 11.2 Å². The van der Waals surface area contributed by atoms with Crippen LogP contribution in [0.3, 0.4) is 0 Å². The molecule has 0 radical (unpaired) electrons. The number of fused-ring (bicyclic) bond motifs is 1. The molecule has 4 aliphatic rings. The minimum absolute atomic E-state index is 0.280. The highest BCUT2D eigenvalue weighted by Gasteiger charge is 2.50.